The fourth-order valence-electron chi connectivity index (χ4n) is 1.95. The van der Waals surface area contributed by atoms with Crippen LogP contribution >= 0.6 is 11.6 Å². The summed E-state index contributed by atoms with van der Waals surface area (Å²) in [6, 6.07) is 6.68. The molecular weight excluding hydrogens is 226 g/mol. The number of hydrogen-bond acceptors (Lipinski definition) is 2. The molecule has 1 aliphatic carbocycles. The number of benzene rings is 1. The van der Waals surface area contributed by atoms with Gasteiger partial charge in [0.2, 0.25) is 0 Å². The van der Waals surface area contributed by atoms with Crippen LogP contribution in [0.1, 0.15) is 24.8 Å². The maximum atomic E-state index is 10.5. The van der Waals surface area contributed by atoms with Crippen LogP contribution in [0.3, 0.4) is 0 Å². The average molecular weight is 240 g/mol. The summed E-state index contributed by atoms with van der Waals surface area (Å²) in [6.07, 6.45) is 4.54. The van der Waals surface area contributed by atoms with Gasteiger partial charge in [-0.2, -0.15) is 0 Å². The molecule has 0 bridgehead atoms. The minimum absolute atomic E-state index is 0.138. The van der Waals surface area contributed by atoms with Crippen LogP contribution in [0.2, 0.25) is 0 Å². The van der Waals surface area contributed by atoms with Crippen molar-refractivity contribution in [1.29, 1.82) is 0 Å². The second-order valence-electron chi connectivity index (χ2n) is 4.33. The van der Waals surface area contributed by atoms with Crippen LogP contribution in [-0.2, 0) is 6.42 Å². The molecule has 0 radical (unpaired) electrons. The molecule has 1 aromatic carbocycles. The molecule has 0 spiro atoms. The average Bonchev–Trinajstić information content (AvgIpc) is 2.15. The van der Waals surface area contributed by atoms with Crippen molar-refractivity contribution in [2.45, 2.75) is 31.1 Å². The lowest BCUT2D eigenvalue weighted by molar-refractivity contribution is -0.384. The highest BCUT2D eigenvalue weighted by molar-refractivity contribution is 6.21. The van der Waals surface area contributed by atoms with Crippen molar-refractivity contribution in [3.05, 3.63) is 39.9 Å². The third-order valence-electron chi connectivity index (χ3n) is 3.24. The second kappa shape index (κ2) is 4.83. The van der Waals surface area contributed by atoms with Gasteiger partial charge < -0.3 is 0 Å². The number of nitro groups is 1. The van der Waals surface area contributed by atoms with Gasteiger partial charge in [0.25, 0.3) is 5.69 Å². The second-order valence-corrected chi connectivity index (χ2v) is 4.90. The maximum absolute atomic E-state index is 10.5. The summed E-state index contributed by atoms with van der Waals surface area (Å²) in [5.41, 5.74) is 1.22. The van der Waals surface area contributed by atoms with E-state index in [0.29, 0.717) is 5.92 Å². The lowest BCUT2D eigenvalue weighted by atomic mass is 9.81. The minimum Gasteiger partial charge on any atom is -0.258 e. The van der Waals surface area contributed by atoms with Crippen molar-refractivity contribution in [2.24, 2.45) is 5.92 Å². The van der Waals surface area contributed by atoms with Gasteiger partial charge in [-0.15, -0.1) is 11.6 Å². The van der Waals surface area contributed by atoms with E-state index in [-0.39, 0.29) is 16.0 Å². The molecule has 2 rings (SSSR count). The van der Waals surface area contributed by atoms with Crippen LogP contribution in [0.25, 0.3) is 0 Å². The molecule has 0 saturated heterocycles. The molecule has 1 saturated carbocycles. The van der Waals surface area contributed by atoms with Crippen molar-refractivity contribution in [2.75, 3.05) is 0 Å². The first-order valence-corrected chi connectivity index (χ1v) is 5.98. The first-order chi connectivity index (χ1) is 7.66. The lowest BCUT2D eigenvalue weighted by Crippen LogP contribution is -2.24. The molecule has 0 heterocycles. The molecule has 4 heteroatoms. The van der Waals surface area contributed by atoms with E-state index in [1.807, 2.05) is 0 Å². The number of hydrogen-bond donors (Lipinski definition) is 0. The Kier molecular flexibility index (Phi) is 3.44. The van der Waals surface area contributed by atoms with E-state index in [1.54, 1.807) is 24.3 Å². The quantitative estimate of drug-likeness (QED) is 0.458. The standard InChI is InChI=1S/C12H14ClNO2/c13-12(10-2-1-3-10)8-9-4-6-11(7-5-9)14(15)16/h4-7,10,12H,1-3,8H2. The Bertz CT molecular complexity index is 373. The van der Waals surface area contributed by atoms with Crippen molar-refractivity contribution in [1.82, 2.24) is 0 Å². The van der Waals surface area contributed by atoms with Crippen molar-refractivity contribution in [3.63, 3.8) is 0 Å². The lowest BCUT2D eigenvalue weighted by Gasteiger charge is -2.29. The molecule has 1 fully saturated rings. The van der Waals surface area contributed by atoms with Gasteiger partial charge in [0.05, 0.1) is 4.92 Å². The molecule has 1 unspecified atom stereocenters. The summed E-state index contributed by atoms with van der Waals surface area (Å²) < 4.78 is 0. The zero-order valence-corrected chi connectivity index (χ0v) is 9.69. The van der Waals surface area contributed by atoms with Crippen molar-refractivity contribution >= 4 is 17.3 Å². The summed E-state index contributed by atoms with van der Waals surface area (Å²) in [7, 11) is 0. The molecule has 0 aliphatic heterocycles. The zero-order valence-electron chi connectivity index (χ0n) is 8.93. The third kappa shape index (κ3) is 2.53. The third-order valence-corrected chi connectivity index (χ3v) is 3.75. The number of rotatable bonds is 4. The summed E-state index contributed by atoms with van der Waals surface area (Å²) >= 11 is 6.29. The van der Waals surface area contributed by atoms with Gasteiger partial charge in [-0.25, -0.2) is 0 Å². The van der Waals surface area contributed by atoms with Crippen LogP contribution in [0.15, 0.2) is 24.3 Å². The molecule has 0 N–H and O–H groups in total. The Labute approximate surface area is 99.6 Å². The normalized spacial score (nSPS) is 17.8. The SMILES string of the molecule is O=[N+]([O-])c1ccc(CC(Cl)C2CCC2)cc1. The van der Waals surface area contributed by atoms with Gasteiger partial charge >= 0.3 is 0 Å². The van der Waals surface area contributed by atoms with Gasteiger partial charge in [0.15, 0.2) is 0 Å². The molecule has 1 aliphatic rings. The van der Waals surface area contributed by atoms with E-state index in [0.717, 1.165) is 12.0 Å². The molecule has 3 nitrogen and oxygen atoms in total. The van der Waals surface area contributed by atoms with E-state index in [2.05, 4.69) is 0 Å². The Morgan fingerprint density at radius 3 is 2.44 bits per heavy atom. The molecule has 16 heavy (non-hydrogen) atoms. The summed E-state index contributed by atoms with van der Waals surface area (Å²) in [6.45, 7) is 0. The Morgan fingerprint density at radius 2 is 2.00 bits per heavy atom. The summed E-state index contributed by atoms with van der Waals surface area (Å²) in [4.78, 5) is 10.1. The highest BCUT2D eigenvalue weighted by Gasteiger charge is 2.25. The monoisotopic (exact) mass is 239 g/mol. The van der Waals surface area contributed by atoms with Crippen molar-refractivity contribution in [3.8, 4) is 0 Å². The molecule has 86 valence electrons. The number of alkyl halides is 1. The van der Waals surface area contributed by atoms with E-state index in [9.17, 15) is 10.1 Å². The molecule has 0 aromatic heterocycles. The maximum Gasteiger partial charge on any atom is 0.269 e. The van der Waals surface area contributed by atoms with E-state index >= 15 is 0 Å². The zero-order chi connectivity index (χ0) is 11.5. The van der Waals surface area contributed by atoms with Crippen LogP contribution in [0, 0.1) is 16.0 Å². The molecule has 1 aromatic rings. The van der Waals surface area contributed by atoms with E-state index in [1.165, 1.54) is 19.3 Å². The van der Waals surface area contributed by atoms with Gasteiger partial charge in [-0.3, -0.25) is 10.1 Å². The highest BCUT2D eigenvalue weighted by Crippen LogP contribution is 2.34. The van der Waals surface area contributed by atoms with Gasteiger partial charge in [-0.05, 0) is 30.7 Å². The Morgan fingerprint density at radius 1 is 1.38 bits per heavy atom. The first-order valence-electron chi connectivity index (χ1n) is 5.54. The first kappa shape index (κ1) is 11.4. The molecule has 0 amide bonds. The van der Waals surface area contributed by atoms with Crippen LogP contribution in [-0.4, -0.2) is 10.3 Å². The number of non-ortho nitro benzene ring substituents is 1. The number of halogens is 1. The van der Waals surface area contributed by atoms with Gasteiger partial charge in [0.1, 0.15) is 0 Å². The number of nitro benzene ring substituents is 1. The molecular formula is C12H14ClNO2. The van der Waals surface area contributed by atoms with Crippen LogP contribution in [0.5, 0.6) is 0 Å². The van der Waals surface area contributed by atoms with Crippen LogP contribution in [0.4, 0.5) is 5.69 Å². The van der Waals surface area contributed by atoms with Gasteiger partial charge in [-0.1, -0.05) is 18.6 Å². The fraction of sp³-hybridized carbons (Fsp3) is 0.500. The van der Waals surface area contributed by atoms with Gasteiger partial charge in [0, 0.05) is 17.5 Å². The predicted molar refractivity (Wildman–Crippen MR) is 63.8 cm³/mol. The van der Waals surface area contributed by atoms with Crippen molar-refractivity contribution < 1.29 is 4.92 Å². The highest BCUT2D eigenvalue weighted by atomic mass is 35.5. The van der Waals surface area contributed by atoms with E-state index in [4.69, 9.17) is 11.6 Å². The fourth-order valence-corrected chi connectivity index (χ4v) is 2.38. The predicted octanol–water partition coefficient (Wildman–Crippen LogP) is 3.54. The smallest absolute Gasteiger partial charge is 0.258 e. The largest absolute Gasteiger partial charge is 0.269 e. The topological polar surface area (TPSA) is 43.1 Å². The summed E-state index contributed by atoms with van der Waals surface area (Å²) in [5.74, 6) is 0.636. The van der Waals surface area contributed by atoms with Crippen LogP contribution < -0.4 is 0 Å². The minimum atomic E-state index is -0.381. The Hall–Kier alpha value is -1.09. The Balaban J connectivity index is 1.96. The summed E-state index contributed by atoms with van der Waals surface area (Å²) in [5, 5.41) is 10.7. The van der Waals surface area contributed by atoms with E-state index < -0.39 is 0 Å². The number of nitrogens with zero attached hydrogens (tertiary/aromatic N) is 1. The molecule has 1 atom stereocenters.